The van der Waals surface area contributed by atoms with Crippen LogP contribution >= 0.6 is 27.5 Å². The average molecular weight is 588 g/mol. The van der Waals surface area contributed by atoms with Crippen molar-refractivity contribution in [3.05, 3.63) is 128 Å². The lowest BCUT2D eigenvalue weighted by Gasteiger charge is -2.11. The number of benzene rings is 4. The number of ether oxygens (including phenoxy) is 2. The van der Waals surface area contributed by atoms with E-state index in [2.05, 4.69) is 21.2 Å². The first kappa shape index (κ1) is 27.0. The van der Waals surface area contributed by atoms with Crippen molar-refractivity contribution in [2.45, 2.75) is 20.1 Å². The third-order valence-electron chi connectivity index (χ3n) is 5.58. The number of hydrogen-bond donors (Lipinski definition) is 1. The Hall–Kier alpha value is -4.05. The largest absolute Gasteiger partial charge is 0.489 e. The maximum Gasteiger partial charge on any atom is 0.266 e. The van der Waals surface area contributed by atoms with Crippen molar-refractivity contribution in [1.29, 1.82) is 5.26 Å². The number of carbonyl (C=O) groups is 1. The van der Waals surface area contributed by atoms with Gasteiger partial charge in [-0.05, 0) is 78.7 Å². The molecule has 0 aliphatic rings. The highest BCUT2D eigenvalue weighted by molar-refractivity contribution is 9.10. The Morgan fingerprint density at radius 3 is 2.21 bits per heavy atom. The Morgan fingerprint density at radius 2 is 1.55 bits per heavy atom. The smallest absolute Gasteiger partial charge is 0.266 e. The topological polar surface area (TPSA) is 71.3 Å². The van der Waals surface area contributed by atoms with Crippen molar-refractivity contribution in [3.8, 4) is 17.6 Å². The van der Waals surface area contributed by atoms with Crippen molar-refractivity contribution < 1.29 is 14.3 Å². The number of aryl methyl sites for hydroxylation is 1. The molecule has 4 aromatic carbocycles. The Balaban J connectivity index is 1.41. The number of nitrogens with one attached hydrogen (secondary N) is 1. The fourth-order valence-electron chi connectivity index (χ4n) is 3.49. The highest BCUT2D eigenvalue weighted by Gasteiger charge is 2.12. The molecule has 4 rings (SSSR count). The van der Waals surface area contributed by atoms with Crippen LogP contribution in [0.4, 0.5) is 5.69 Å². The van der Waals surface area contributed by atoms with Crippen LogP contribution in [-0.4, -0.2) is 5.91 Å². The first-order valence-corrected chi connectivity index (χ1v) is 12.9. The normalized spacial score (nSPS) is 10.9. The van der Waals surface area contributed by atoms with Gasteiger partial charge in [0.2, 0.25) is 0 Å². The van der Waals surface area contributed by atoms with Gasteiger partial charge in [0.25, 0.3) is 5.91 Å². The Bertz CT molecular complexity index is 1480. The zero-order valence-electron chi connectivity index (χ0n) is 20.6. The molecule has 5 nitrogen and oxygen atoms in total. The molecule has 1 amide bonds. The molecule has 0 fully saturated rings. The molecule has 0 heterocycles. The number of rotatable bonds is 9. The molecule has 38 heavy (non-hydrogen) atoms. The SMILES string of the molecule is Cc1ccc(COc2ccc(Br)cc2/C=C(\C#N)C(=O)Nc2ccc(OCc3ccc(Cl)cc3)cc2)cc1. The summed E-state index contributed by atoms with van der Waals surface area (Å²) in [5.74, 6) is 0.696. The predicted molar refractivity (Wildman–Crippen MR) is 154 cm³/mol. The number of amides is 1. The molecule has 0 saturated carbocycles. The van der Waals surface area contributed by atoms with Crippen LogP contribution in [0, 0.1) is 18.3 Å². The summed E-state index contributed by atoms with van der Waals surface area (Å²) in [6.07, 6.45) is 1.52. The van der Waals surface area contributed by atoms with Crippen molar-refractivity contribution in [1.82, 2.24) is 0 Å². The van der Waals surface area contributed by atoms with Crippen LogP contribution in [0.1, 0.15) is 22.3 Å². The third-order valence-corrected chi connectivity index (χ3v) is 6.33. The van der Waals surface area contributed by atoms with Gasteiger partial charge in [-0.1, -0.05) is 69.5 Å². The van der Waals surface area contributed by atoms with Crippen LogP contribution < -0.4 is 14.8 Å². The van der Waals surface area contributed by atoms with Crippen LogP contribution in [0.2, 0.25) is 5.02 Å². The molecule has 0 bridgehead atoms. The van der Waals surface area contributed by atoms with Gasteiger partial charge in [0.15, 0.2) is 0 Å². The highest BCUT2D eigenvalue weighted by Crippen LogP contribution is 2.27. The summed E-state index contributed by atoms with van der Waals surface area (Å²) in [7, 11) is 0. The number of hydrogen-bond acceptors (Lipinski definition) is 4. The van der Waals surface area contributed by atoms with E-state index in [1.807, 2.05) is 73.7 Å². The van der Waals surface area contributed by atoms with Crippen LogP contribution in [0.5, 0.6) is 11.5 Å². The van der Waals surface area contributed by atoms with E-state index in [1.54, 1.807) is 30.3 Å². The van der Waals surface area contributed by atoms with E-state index in [1.165, 1.54) is 11.6 Å². The van der Waals surface area contributed by atoms with E-state index < -0.39 is 5.91 Å². The summed E-state index contributed by atoms with van der Waals surface area (Å²) < 4.78 is 12.6. The van der Waals surface area contributed by atoms with E-state index in [9.17, 15) is 10.1 Å². The van der Waals surface area contributed by atoms with Crippen molar-refractivity contribution in [3.63, 3.8) is 0 Å². The third kappa shape index (κ3) is 7.72. The van der Waals surface area contributed by atoms with Crippen LogP contribution in [0.15, 0.2) is 101 Å². The van der Waals surface area contributed by atoms with Crippen LogP contribution in [0.25, 0.3) is 6.08 Å². The van der Waals surface area contributed by atoms with Gasteiger partial charge in [-0.15, -0.1) is 0 Å². The fourth-order valence-corrected chi connectivity index (χ4v) is 4.00. The van der Waals surface area contributed by atoms with E-state index in [4.69, 9.17) is 21.1 Å². The number of anilines is 1. The monoisotopic (exact) mass is 586 g/mol. The molecule has 0 aliphatic carbocycles. The summed E-state index contributed by atoms with van der Waals surface area (Å²) in [5, 5.41) is 13.1. The second-order valence-electron chi connectivity index (χ2n) is 8.52. The summed E-state index contributed by atoms with van der Waals surface area (Å²) in [6.45, 7) is 2.79. The molecule has 0 spiro atoms. The van der Waals surface area contributed by atoms with Gasteiger partial charge in [0.05, 0.1) is 0 Å². The summed E-state index contributed by atoms with van der Waals surface area (Å²) in [6, 6.07) is 29.9. The summed E-state index contributed by atoms with van der Waals surface area (Å²) in [4.78, 5) is 12.9. The molecule has 0 saturated heterocycles. The lowest BCUT2D eigenvalue weighted by atomic mass is 10.1. The molecular weight excluding hydrogens is 564 g/mol. The minimum absolute atomic E-state index is 0.0497. The van der Waals surface area contributed by atoms with Gasteiger partial charge < -0.3 is 14.8 Å². The van der Waals surface area contributed by atoms with Gasteiger partial charge in [-0.25, -0.2) is 0 Å². The Morgan fingerprint density at radius 1 is 0.921 bits per heavy atom. The van der Waals surface area contributed by atoms with Gasteiger partial charge in [-0.3, -0.25) is 4.79 Å². The molecule has 0 aromatic heterocycles. The van der Waals surface area contributed by atoms with Gasteiger partial charge in [0, 0.05) is 20.7 Å². The van der Waals surface area contributed by atoms with Crippen LogP contribution in [0.3, 0.4) is 0 Å². The molecular formula is C31H24BrClN2O3. The fraction of sp³-hybridized carbons (Fsp3) is 0.0968. The lowest BCUT2D eigenvalue weighted by Crippen LogP contribution is -2.13. The number of nitriles is 1. The van der Waals surface area contributed by atoms with Crippen molar-refractivity contribution in [2.75, 3.05) is 5.32 Å². The minimum atomic E-state index is -0.521. The van der Waals surface area contributed by atoms with Crippen molar-refractivity contribution >= 4 is 45.2 Å². The summed E-state index contributed by atoms with van der Waals surface area (Å²) >= 11 is 9.37. The number of halogens is 2. The van der Waals surface area contributed by atoms with E-state index in [0.29, 0.717) is 41.0 Å². The second-order valence-corrected chi connectivity index (χ2v) is 9.87. The highest BCUT2D eigenvalue weighted by atomic mass is 79.9. The number of nitrogens with zero attached hydrogens (tertiary/aromatic N) is 1. The molecule has 0 aliphatic heterocycles. The predicted octanol–water partition coefficient (Wildman–Crippen LogP) is 8.11. The van der Waals surface area contributed by atoms with E-state index >= 15 is 0 Å². The molecule has 190 valence electrons. The van der Waals surface area contributed by atoms with Gasteiger partial charge in [-0.2, -0.15) is 5.26 Å². The van der Waals surface area contributed by atoms with E-state index in [-0.39, 0.29) is 5.57 Å². The molecule has 4 aromatic rings. The first-order valence-electron chi connectivity index (χ1n) is 11.8. The lowest BCUT2D eigenvalue weighted by molar-refractivity contribution is -0.112. The Labute approximate surface area is 235 Å². The summed E-state index contributed by atoms with van der Waals surface area (Å²) in [5.41, 5.74) is 4.29. The van der Waals surface area contributed by atoms with Crippen molar-refractivity contribution in [2.24, 2.45) is 0 Å². The molecule has 1 N–H and O–H groups in total. The Kier molecular flexibility index (Phi) is 9.21. The minimum Gasteiger partial charge on any atom is -0.489 e. The van der Waals surface area contributed by atoms with Crippen LogP contribution in [-0.2, 0) is 18.0 Å². The van der Waals surface area contributed by atoms with Gasteiger partial charge >= 0.3 is 0 Å². The first-order chi connectivity index (χ1) is 18.4. The molecule has 0 radical (unpaired) electrons. The molecule has 0 atom stereocenters. The molecule has 7 heteroatoms. The quantitative estimate of drug-likeness (QED) is 0.159. The maximum absolute atomic E-state index is 12.9. The van der Waals surface area contributed by atoms with Gasteiger partial charge in [0.1, 0.15) is 36.4 Å². The average Bonchev–Trinajstić information content (AvgIpc) is 2.92. The zero-order chi connectivity index (χ0) is 26.9. The maximum atomic E-state index is 12.9. The zero-order valence-corrected chi connectivity index (χ0v) is 22.9. The standard InChI is InChI=1S/C31H24BrClN2O3/c1-21-2-4-22(5-3-21)20-38-30-15-8-26(32)17-24(30)16-25(18-34)31(36)35-28-11-13-29(14-12-28)37-19-23-6-9-27(33)10-7-23/h2-17H,19-20H2,1H3,(H,35,36)/b25-16+. The van der Waals surface area contributed by atoms with E-state index in [0.717, 1.165) is 15.6 Å². The number of carbonyl (C=O) groups excluding carboxylic acids is 1. The molecule has 0 unspecified atom stereocenters. The second kappa shape index (κ2) is 13.0.